The molecular weight excluding hydrogens is 467 g/mol. The SMILES string of the molecule is COc1ccc(CC(=O)N(Cc2ccc(F)cc2)[C@@H](Cc2ccccc2)C(=O)NC2CCCCC2)cc1. The summed E-state index contributed by atoms with van der Waals surface area (Å²) in [6.07, 6.45) is 5.86. The number of hydrogen-bond donors (Lipinski definition) is 1. The van der Waals surface area contributed by atoms with Crippen LogP contribution in [0.3, 0.4) is 0 Å². The summed E-state index contributed by atoms with van der Waals surface area (Å²) in [6, 6.07) is 22.7. The van der Waals surface area contributed by atoms with Gasteiger partial charge >= 0.3 is 0 Å². The van der Waals surface area contributed by atoms with Gasteiger partial charge in [0.1, 0.15) is 17.6 Å². The van der Waals surface area contributed by atoms with Crippen molar-refractivity contribution in [3.63, 3.8) is 0 Å². The number of carbonyl (C=O) groups is 2. The minimum absolute atomic E-state index is 0.129. The molecule has 1 fully saturated rings. The number of halogens is 1. The highest BCUT2D eigenvalue weighted by Crippen LogP contribution is 2.21. The summed E-state index contributed by atoms with van der Waals surface area (Å²) in [7, 11) is 1.60. The molecular formula is C31H35FN2O3. The van der Waals surface area contributed by atoms with Crippen LogP contribution in [0.4, 0.5) is 4.39 Å². The molecule has 0 unspecified atom stereocenters. The van der Waals surface area contributed by atoms with Gasteiger partial charge in [-0.1, -0.05) is 73.9 Å². The van der Waals surface area contributed by atoms with Gasteiger partial charge in [-0.05, 0) is 53.8 Å². The summed E-state index contributed by atoms with van der Waals surface area (Å²) >= 11 is 0. The summed E-state index contributed by atoms with van der Waals surface area (Å²) in [5.74, 6) is 0.0825. The number of carbonyl (C=O) groups excluding carboxylic acids is 2. The van der Waals surface area contributed by atoms with Crippen LogP contribution in [0.25, 0.3) is 0 Å². The highest BCUT2D eigenvalue weighted by atomic mass is 19.1. The van der Waals surface area contributed by atoms with Crippen molar-refractivity contribution < 1.29 is 18.7 Å². The summed E-state index contributed by atoms with van der Waals surface area (Å²) < 4.78 is 18.9. The lowest BCUT2D eigenvalue weighted by atomic mass is 9.94. The van der Waals surface area contributed by atoms with Gasteiger partial charge in [0.15, 0.2) is 0 Å². The lowest BCUT2D eigenvalue weighted by molar-refractivity contribution is -0.141. The molecule has 4 rings (SSSR count). The number of methoxy groups -OCH3 is 1. The van der Waals surface area contributed by atoms with Crippen LogP contribution in [0.1, 0.15) is 48.8 Å². The van der Waals surface area contributed by atoms with E-state index in [2.05, 4.69) is 5.32 Å². The monoisotopic (exact) mass is 502 g/mol. The first-order valence-electron chi connectivity index (χ1n) is 13.0. The predicted molar refractivity (Wildman–Crippen MR) is 143 cm³/mol. The van der Waals surface area contributed by atoms with Crippen LogP contribution < -0.4 is 10.1 Å². The number of amides is 2. The van der Waals surface area contributed by atoms with Gasteiger partial charge in [-0.2, -0.15) is 0 Å². The third-order valence-electron chi connectivity index (χ3n) is 7.00. The zero-order chi connectivity index (χ0) is 26.0. The van der Waals surface area contributed by atoms with Crippen LogP contribution in [-0.2, 0) is 29.0 Å². The highest BCUT2D eigenvalue weighted by molar-refractivity contribution is 5.89. The van der Waals surface area contributed by atoms with Crippen LogP contribution in [0, 0.1) is 5.82 Å². The second kappa shape index (κ2) is 13.0. The molecule has 3 aromatic carbocycles. The molecule has 0 heterocycles. The fourth-order valence-electron chi connectivity index (χ4n) is 4.90. The number of rotatable bonds is 10. The van der Waals surface area contributed by atoms with E-state index in [-0.39, 0.29) is 36.6 Å². The van der Waals surface area contributed by atoms with Gasteiger partial charge in [0.05, 0.1) is 13.5 Å². The number of nitrogens with zero attached hydrogens (tertiary/aromatic N) is 1. The van der Waals surface area contributed by atoms with Crippen molar-refractivity contribution in [3.05, 3.63) is 101 Å². The zero-order valence-corrected chi connectivity index (χ0v) is 21.4. The summed E-state index contributed by atoms with van der Waals surface area (Å²) in [5, 5.41) is 3.24. The van der Waals surface area contributed by atoms with E-state index >= 15 is 0 Å². The molecule has 3 aromatic rings. The van der Waals surface area contributed by atoms with Gasteiger partial charge in [-0.25, -0.2) is 4.39 Å². The molecule has 5 nitrogen and oxygen atoms in total. The van der Waals surface area contributed by atoms with Gasteiger partial charge in [0, 0.05) is 19.0 Å². The first kappa shape index (κ1) is 26.4. The molecule has 1 aliphatic carbocycles. The van der Waals surface area contributed by atoms with E-state index in [1.807, 2.05) is 54.6 Å². The quantitative estimate of drug-likeness (QED) is 0.400. The maximum atomic E-state index is 13.8. The molecule has 6 heteroatoms. The second-order valence-electron chi connectivity index (χ2n) is 9.72. The van der Waals surface area contributed by atoms with Crippen LogP contribution >= 0.6 is 0 Å². The normalized spacial score (nSPS) is 14.5. The topological polar surface area (TPSA) is 58.6 Å². The van der Waals surface area contributed by atoms with E-state index in [9.17, 15) is 14.0 Å². The Balaban J connectivity index is 1.63. The Morgan fingerprint density at radius 1 is 0.892 bits per heavy atom. The van der Waals surface area contributed by atoms with Gasteiger partial charge in [-0.15, -0.1) is 0 Å². The fourth-order valence-corrected chi connectivity index (χ4v) is 4.90. The zero-order valence-electron chi connectivity index (χ0n) is 21.4. The van der Waals surface area contributed by atoms with E-state index in [1.54, 1.807) is 24.1 Å². The third-order valence-corrected chi connectivity index (χ3v) is 7.00. The highest BCUT2D eigenvalue weighted by Gasteiger charge is 2.32. The molecule has 1 N–H and O–H groups in total. The summed E-state index contributed by atoms with van der Waals surface area (Å²) in [4.78, 5) is 29.2. The number of nitrogens with one attached hydrogen (secondary N) is 1. The average molecular weight is 503 g/mol. The van der Waals surface area contributed by atoms with Crippen molar-refractivity contribution in [2.24, 2.45) is 0 Å². The Kier molecular flexibility index (Phi) is 9.30. The molecule has 37 heavy (non-hydrogen) atoms. The third kappa shape index (κ3) is 7.66. The maximum absolute atomic E-state index is 13.8. The Labute approximate surface area is 218 Å². The number of ether oxygens (including phenoxy) is 1. The van der Waals surface area contributed by atoms with Gasteiger partial charge < -0.3 is 15.0 Å². The molecule has 194 valence electrons. The van der Waals surface area contributed by atoms with Crippen LogP contribution in [-0.4, -0.2) is 35.9 Å². The van der Waals surface area contributed by atoms with Gasteiger partial charge in [0.2, 0.25) is 11.8 Å². The van der Waals surface area contributed by atoms with Crippen molar-refractivity contribution in [2.75, 3.05) is 7.11 Å². The first-order valence-corrected chi connectivity index (χ1v) is 13.0. The Bertz CT molecular complexity index is 1140. The van der Waals surface area contributed by atoms with E-state index in [0.717, 1.165) is 42.4 Å². The Morgan fingerprint density at radius 3 is 2.19 bits per heavy atom. The van der Waals surface area contributed by atoms with Gasteiger partial charge in [0.25, 0.3) is 0 Å². The second-order valence-corrected chi connectivity index (χ2v) is 9.72. The molecule has 0 aromatic heterocycles. The van der Waals surface area contributed by atoms with Crippen molar-refractivity contribution >= 4 is 11.8 Å². The lowest BCUT2D eigenvalue weighted by Gasteiger charge is -2.33. The molecule has 0 bridgehead atoms. The Hall–Kier alpha value is -3.67. The van der Waals surface area contributed by atoms with Crippen LogP contribution in [0.15, 0.2) is 78.9 Å². The van der Waals surface area contributed by atoms with Crippen LogP contribution in [0.5, 0.6) is 5.75 Å². The van der Waals surface area contributed by atoms with Crippen molar-refractivity contribution in [1.82, 2.24) is 10.2 Å². The molecule has 0 aliphatic heterocycles. The van der Waals surface area contributed by atoms with Crippen LogP contribution in [0.2, 0.25) is 0 Å². The van der Waals surface area contributed by atoms with Crippen molar-refractivity contribution in [2.45, 2.75) is 63.6 Å². The molecule has 0 spiro atoms. The maximum Gasteiger partial charge on any atom is 0.243 e. The average Bonchev–Trinajstić information content (AvgIpc) is 2.93. The minimum atomic E-state index is -0.694. The molecule has 2 amide bonds. The molecule has 1 atom stereocenters. The number of benzene rings is 3. The standard InChI is InChI=1S/C31H35FN2O3/c1-37-28-18-14-24(15-19-28)21-30(35)34(22-25-12-16-26(32)17-13-25)29(20-23-8-4-2-5-9-23)31(36)33-27-10-6-3-7-11-27/h2,4-5,8-9,12-19,27,29H,3,6-7,10-11,20-22H2,1H3,(H,33,36)/t29-/m0/s1. The molecule has 0 radical (unpaired) electrons. The summed E-state index contributed by atoms with van der Waals surface area (Å²) in [6.45, 7) is 0.213. The van der Waals surface area contributed by atoms with E-state index < -0.39 is 6.04 Å². The van der Waals surface area contributed by atoms with E-state index in [1.165, 1.54) is 18.6 Å². The van der Waals surface area contributed by atoms with Crippen molar-refractivity contribution in [3.8, 4) is 5.75 Å². The smallest absolute Gasteiger partial charge is 0.243 e. The van der Waals surface area contributed by atoms with E-state index in [4.69, 9.17) is 4.74 Å². The minimum Gasteiger partial charge on any atom is -0.497 e. The first-order chi connectivity index (χ1) is 18.0. The molecule has 1 aliphatic rings. The molecule has 1 saturated carbocycles. The number of hydrogen-bond acceptors (Lipinski definition) is 3. The van der Waals surface area contributed by atoms with Crippen molar-refractivity contribution in [1.29, 1.82) is 0 Å². The Morgan fingerprint density at radius 2 is 1.54 bits per heavy atom. The molecule has 0 saturated heterocycles. The van der Waals surface area contributed by atoms with E-state index in [0.29, 0.717) is 12.2 Å². The van der Waals surface area contributed by atoms with Gasteiger partial charge in [-0.3, -0.25) is 9.59 Å². The lowest BCUT2D eigenvalue weighted by Crippen LogP contribution is -2.53. The fraction of sp³-hybridized carbons (Fsp3) is 0.355. The summed E-state index contributed by atoms with van der Waals surface area (Å²) in [5.41, 5.74) is 2.58. The predicted octanol–water partition coefficient (Wildman–Crippen LogP) is 5.47. The largest absolute Gasteiger partial charge is 0.497 e.